The molecule has 3 aromatic carbocycles. The van der Waals surface area contributed by atoms with Gasteiger partial charge < -0.3 is 4.74 Å². The molecular weight excluding hydrogens is 386 g/mol. The number of fused-ring (bicyclic) bond motifs is 2. The molecule has 2 atom stereocenters. The Morgan fingerprint density at radius 2 is 1.23 bits per heavy atom. The van der Waals surface area contributed by atoms with Crippen LogP contribution in [0.15, 0.2) is 72.8 Å². The summed E-state index contributed by atoms with van der Waals surface area (Å²) in [6.45, 7) is 0. The summed E-state index contributed by atoms with van der Waals surface area (Å²) in [6.07, 6.45) is -0.0371. The Balaban J connectivity index is 1.84. The molecule has 1 aliphatic carbocycles. The van der Waals surface area contributed by atoms with Crippen LogP contribution in [0.5, 0.6) is 5.75 Å². The van der Waals surface area contributed by atoms with Crippen LogP contribution >= 0.6 is 0 Å². The fourth-order valence-corrected chi connectivity index (χ4v) is 5.18. The second-order valence-electron chi connectivity index (χ2n) is 7.85. The number of carbonyl (C=O) groups excluding carboxylic acids is 2. The van der Waals surface area contributed by atoms with E-state index in [9.17, 15) is 18.4 Å². The Kier molecular flexibility index (Phi) is 4.28. The highest BCUT2D eigenvalue weighted by atomic mass is 19.1. The second-order valence-corrected chi connectivity index (χ2v) is 7.85. The third-order valence-corrected chi connectivity index (χ3v) is 6.40. The Morgan fingerprint density at radius 3 is 1.80 bits per heavy atom. The Morgan fingerprint density at radius 1 is 0.733 bits per heavy atom. The summed E-state index contributed by atoms with van der Waals surface area (Å²) in [5, 5.41) is 0. The van der Waals surface area contributed by atoms with Crippen molar-refractivity contribution in [2.75, 3.05) is 0 Å². The number of esters is 1. The number of benzene rings is 3. The topological polar surface area (TPSA) is 43.4 Å². The van der Waals surface area contributed by atoms with Gasteiger partial charge in [0, 0.05) is 30.2 Å². The smallest absolute Gasteiger partial charge is 0.323 e. The normalized spacial score (nSPS) is 22.1. The quantitative estimate of drug-likeness (QED) is 0.443. The van der Waals surface area contributed by atoms with Crippen molar-refractivity contribution in [2.45, 2.75) is 30.1 Å². The minimum Gasteiger partial charge on any atom is -0.426 e. The lowest BCUT2D eigenvalue weighted by Crippen LogP contribution is -2.50. The van der Waals surface area contributed by atoms with Crippen LogP contribution < -0.4 is 4.74 Å². The average Bonchev–Trinajstić information content (AvgIpc) is 3.03. The summed E-state index contributed by atoms with van der Waals surface area (Å²) >= 11 is 0. The molecule has 5 rings (SSSR count). The zero-order chi connectivity index (χ0) is 20.9. The third-order valence-electron chi connectivity index (χ3n) is 6.40. The van der Waals surface area contributed by atoms with E-state index in [1.54, 1.807) is 60.7 Å². The zero-order valence-electron chi connectivity index (χ0n) is 16.0. The van der Waals surface area contributed by atoms with Gasteiger partial charge in [0.15, 0.2) is 0 Å². The maximum atomic E-state index is 14.9. The van der Waals surface area contributed by atoms with Gasteiger partial charge >= 0.3 is 5.97 Å². The molecule has 2 aliphatic rings. The van der Waals surface area contributed by atoms with Gasteiger partial charge in [-0.2, -0.15) is 0 Å². The number of carbonyl (C=O) groups is 2. The van der Waals surface area contributed by atoms with E-state index in [4.69, 9.17) is 4.74 Å². The minimum atomic E-state index is -1.39. The van der Waals surface area contributed by atoms with Crippen LogP contribution in [0.1, 0.15) is 41.4 Å². The number of Topliss-reactive ketones (excluding diaryl/α,β-unsaturated/α-hetero) is 1. The predicted molar refractivity (Wildman–Crippen MR) is 106 cm³/mol. The maximum Gasteiger partial charge on any atom is 0.323 e. The maximum absolute atomic E-state index is 14.9. The molecule has 150 valence electrons. The van der Waals surface area contributed by atoms with Crippen molar-refractivity contribution in [1.29, 1.82) is 0 Å². The molecule has 0 bridgehead atoms. The summed E-state index contributed by atoms with van der Waals surface area (Å²) in [7, 11) is 0. The largest absolute Gasteiger partial charge is 0.426 e. The first-order valence-corrected chi connectivity index (χ1v) is 9.85. The number of hydrogen-bond acceptors (Lipinski definition) is 3. The van der Waals surface area contributed by atoms with Crippen LogP contribution in [0.2, 0.25) is 0 Å². The first kappa shape index (κ1) is 18.7. The average molecular weight is 404 g/mol. The molecule has 1 heterocycles. The van der Waals surface area contributed by atoms with Crippen molar-refractivity contribution in [2.24, 2.45) is 0 Å². The molecule has 1 fully saturated rings. The van der Waals surface area contributed by atoms with Crippen molar-refractivity contribution < 1.29 is 23.1 Å². The number of halogens is 2. The van der Waals surface area contributed by atoms with Gasteiger partial charge in [0.25, 0.3) is 0 Å². The van der Waals surface area contributed by atoms with E-state index in [0.29, 0.717) is 11.3 Å². The minimum absolute atomic E-state index is 0.0185. The van der Waals surface area contributed by atoms with E-state index >= 15 is 0 Å². The molecule has 0 amide bonds. The van der Waals surface area contributed by atoms with Crippen molar-refractivity contribution in [3.8, 4) is 5.75 Å². The summed E-state index contributed by atoms with van der Waals surface area (Å²) < 4.78 is 35.4. The summed E-state index contributed by atoms with van der Waals surface area (Å²) in [6, 6.07) is 19.2. The van der Waals surface area contributed by atoms with Crippen molar-refractivity contribution >= 4 is 11.8 Å². The zero-order valence-corrected chi connectivity index (χ0v) is 16.0. The van der Waals surface area contributed by atoms with E-state index < -0.39 is 34.9 Å². The van der Waals surface area contributed by atoms with Crippen LogP contribution in [0.25, 0.3) is 0 Å². The van der Waals surface area contributed by atoms with Gasteiger partial charge in [-0.15, -0.1) is 0 Å². The van der Waals surface area contributed by atoms with E-state index in [1.165, 1.54) is 12.1 Å². The van der Waals surface area contributed by atoms with Gasteiger partial charge in [-0.1, -0.05) is 54.6 Å². The van der Waals surface area contributed by atoms with Crippen LogP contribution in [0, 0.1) is 11.6 Å². The van der Waals surface area contributed by atoms with Gasteiger partial charge in [-0.05, 0) is 29.3 Å². The first-order chi connectivity index (χ1) is 14.5. The monoisotopic (exact) mass is 404 g/mol. The SMILES string of the molecule is O=C1C[C@H](c2ccccc2F)C2(C(=O)Oc3ccccc32)[C@@H](c2ccccc2F)C1. The number of para-hydroxylation sites is 1. The molecule has 0 N–H and O–H groups in total. The predicted octanol–water partition coefficient (Wildman–Crippen LogP) is 5.05. The molecule has 3 nitrogen and oxygen atoms in total. The lowest BCUT2D eigenvalue weighted by atomic mass is 9.54. The van der Waals surface area contributed by atoms with Crippen LogP contribution in [-0.4, -0.2) is 11.8 Å². The lowest BCUT2D eigenvalue weighted by molar-refractivity contribution is -0.142. The molecule has 1 spiro atoms. The van der Waals surface area contributed by atoms with Crippen LogP contribution in [0.3, 0.4) is 0 Å². The lowest BCUT2D eigenvalue weighted by Gasteiger charge is -2.44. The van der Waals surface area contributed by atoms with Crippen LogP contribution in [0.4, 0.5) is 8.78 Å². The Hall–Kier alpha value is -3.34. The first-order valence-electron chi connectivity index (χ1n) is 9.85. The Labute approximate surface area is 172 Å². The second kappa shape index (κ2) is 6.87. The highest BCUT2D eigenvalue weighted by Crippen LogP contribution is 2.60. The van der Waals surface area contributed by atoms with Gasteiger partial charge in [0.1, 0.15) is 28.6 Å². The Bertz CT molecular complexity index is 1110. The van der Waals surface area contributed by atoms with Crippen LogP contribution in [-0.2, 0) is 15.0 Å². The number of ether oxygens (including phenoxy) is 1. The van der Waals surface area contributed by atoms with E-state index in [-0.39, 0.29) is 29.8 Å². The fraction of sp³-hybridized carbons (Fsp3) is 0.200. The van der Waals surface area contributed by atoms with Crippen molar-refractivity contribution in [3.63, 3.8) is 0 Å². The molecule has 1 aliphatic heterocycles. The standard InChI is InChI=1S/C25H18F2O3/c26-21-10-4-1-7-16(21)19-13-15(28)14-20(17-8-2-5-11-22(17)27)25(19)18-9-3-6-12-23(18)30-24(25)29/h1-12,19-20H,13-14H2/t19-,20-/m1/s1. The number of ketones is 1. The molecule has 1 saturated carbocycles. The van der Waals surface area contributed by atoms with Gasteiger partial charge in [0.05, 0.1) is 0 Å². The summed E-state index contributed by atoms with van der Waals surface area (Å²) in [5.74, 6) is -2.94. The van der Waals surface area contributed by atoms with Crippen molar-refractivity contribution in [3.05, 3.63) is 101 Å². The number of hydrogen-bond donors (Lipinski definition) is 0. The van der Waals surface area contributed by atoms with E-state index in [2.05, 4.69) is 0 Å². The van der Waals surface area contributed by atoms with Gasteiger partial charge in [-0.25, -0.2) is 8.78 Å². The fourth-order valence-electron chi connectivity index (χ4n) is 5.18. The third kappa shape index (κ3) is 2.54. The molecule has 3 aromatic rings. The van der Waals surface area contributed by atoms with Crippen molar-refractivity contribution in [1.82, 2.24) is 0 Å². The van der Waals surface area contributed by atoms with Gasteiger partial charge in [-0.3, -0.25) is 9.59 Å². The highest BCUT2D eigenvalue weighted by molar-refractivity contribution is 5.97. The molecule has 30 heavy (non-hydrogen) atoms. The summed E-state index contributed by atoms with van der Waals surface area (Å²) in [4.78, 5) is 26.3. The van der Waals surface area contributed by atoms with Gasteiger partial charge in [0.2, 0.25) is 0 Å². The highest BCUT2D eigenvalue weighted by Gasteiger charge is 2.63. The molecular formula is C25H18F2O3. The van der Waals surface area contributed by atoms with E-state index in [1.807, 2.05) is 0 Å². The molecule has 0 radical (unpaired) electrons. The number of rotatable bonds is 2. The molecule has 5 heteroatoms. The molecule has 0 aromatic heterocycles. The molecule has 0 saturated heterocycles. The molecule has 0 unspecified atom stereocenters. The van der Waals surface area contributed by atoms with E-state index in [0.717, 1.165) is 0 Å². The summed E-state index contributed by atoms with van der Waals surface area (Å²) in [5.41, 5.74) is -0.292.